The van der Waals surface area contributed by atoms with Crippen LogP contribution in [0.5, 0.6) is 0 Å². The molecule has 0 aliphatic carbocycles. The third-order valence-electron chi connectivity index (χ3n) is 3.32. The highest BCUT2D eigenvalue weighted by molar-refractivity contribution is 7.89. The Bertz CT molecular complexity index is 987. The maximum absolute atomic E-state index is 12.3. The van der Waals surface area contributed by atoms with Gasteiger partial charge in [-0.25, -0.2) is 8.42 Å². The summed E-state index contributed by atoms with van der Waals surface area (Å²) >= 11 is 6.04. The molecule has 1 aromatic heterocycles. The molecule has 0 atom stereocenters. The molecule has 1 heterocycles. The van der Waals surface area contributed by atoms with Crippen LogP contribution < -0.4 is 10.3 Å². The Morgan fingerprint density at radius 3 is 2.44 bits per heavy atom. The van der Waals surface area contributed by atoms with E-state index in [9.17, 15) is 13.2 Å². The van der Waals surface area contributed by atoms with E-state index in [1.54, 1.807) is 42.5 Å². The van der Waals surface area contributed by atoms with E-state index in [1.165, 1.54) is 24.5 Å². The number of hydrogen-bond donors (Lipinski definition) is 2. The highest BCUT2D eigenvalue weighted by Gasteiger charge is 2.16. The number of nitrogens with one attached hydrogen (secondary N) is 2. The molecule has 3 rings (SSSR count). The molecule has 0 unspecified atom stereocenters. The molecule has 128 valence electrons. The minimum absolute atomic E-state index is 0.0395. The van der Waals surface area contributed by atoms with Gasteiger partial charge in [0.15, 0.2) is 0 Å². The third kappa shape index (κ3) is 4.08. The summed E-state index contributed by atoms with van der Waals surface area (Å²) in [5.74, 6) is -0.101. The topological polar surface area (TPSA) is 88.4 Å². The molecule has 0 bridgehead atoms. The Balaban J connectivity index is 1.78. The van der Waals surface area contributed by atoms with Crippen LogP contribution >= 0.6 is 11.6 Å². The Labute approximate surface area is 149 Å². The normalized spacial score (nSPS) is 11.2. The molecule has 0 saturated carbocycles. The lowest BCUT2D eigenvalue weighted by Crippen LogP contribution is -2.41. The second-order valence-electron chi connectivity index (χ2n) is 5.08. The van der Waals surface area contributed by atoms with E-state index >= 15 is 0 Å². The Morgan fingerprint density at radius 1 is 1.00 bits per heavy atom. The Hall–Kier alpha value is -2.61. The van der Waals surface area contributed by atoms with E-state index in [4.69, 9.17) is 16.0 Å². The van der Waals surface area contributed by atoms with Crippen molar-refractivity contribution in [1.29, 1.82) is 0 Å². The first-order valence-corrected chi connectivity index (χ1v) is 9.03. The quantitative estimate of drug-likeness (QED) is 0.669. The monoisotopic (exact) mass is 376 g/mol. The van der Waals surface area contributed by atoms with E-state index in [2.05, 4.69) is 10.3 Å². The van der Waals surface area contributed by atoms with Gasteiger partial charge in [0, 0.05) is 16.1 Å². The number of carbonyl (C=O) groups is 1. The Morgan fingerprint density at radius 2 is 1.76 bits per heavy atom. The molecule has 0 fully saturated rings. The van der Waals surface area contributed by atoms with E-state index in [0.717, 1.165) is 0 Å². The van der Waals surface area contributed by atoms with Crippen molar-refractivity contribution in [2.45, 2.75) is 4.90 Å². The van der Waals surface area contributed by atoms with Crippen LogP contribution in [0.3, 0.4) is 0 Å². The first-order chi connectivity index (χ1) is 12.0. The molecule has 3 aromatic rings. The van der Waals surface area contributed by atoms with Crippen molar-refractivity contribution < 1.29 is 17.6 Å². The van der Waals surface area contributed by atoms with Gasteiger partial charge in [-0.05, 0) is 42.5 Å². The van der Waals surface area contributed by atoms with Crippen LogP contribution in [0.1, 0.15) is 10.4 Å². The maximum atomic E-state index is 12.3. The highest BCUT2D eigenvalue weighted by atomic mass is 35.5. The van der Waals surface area contributed by atoms with Crippen LogP contribution in [0, 0.1) is 0 Å². The summed E-state index contributed by atoms with van der Waals surface area (Å²) in [6.07, 6.45) is 1.50. The SMILES string of the molecule is O=C(NNS(=O)(=O)c1ccccc1)c1cc(Cl)cc(-c2ccco2)c1. The number of furan rings is 1. The number of amides is 1. The first-order valence-electron chi connectivity index (χ1n) is 7.17. The molecule has 2 N–H and O–H groups in total. The van der Waals surface area contributed by atoms with Gasteiger partial charge in [-0.3, -0.25) is 10.2 Å². The summed E-state index contributed by atoms with van der Waals surface area (Å²) in [5, 5.41) is 0.324. The molecule has 1 amide bonds. The van der Waals surface area contributed by atoms with E-state index in [0.29, 0.717) is 16.3 Å². The van der Waals surface area contributed by atoms with Crippen LogP contribution in [0.2, 0.25) is 5.02 Å². The summed E-state index contributed by atoms with van der Waals surface area (Å²) < 4.78 is 29.5. The molecular weight excluding hydrogens is 364 g/mol. The zero-order valence-corrected chi connectivity index (χ0v) is 14.3. The highest BCUT2D eigenvalue weighted by Crippen LogP contribution is 2.25. The second kappa shape index (κ2) is 7.10. The van der Waals surface area contributed by atoms with E-state index in [1.807, 2.05) is 0 Å². The lowest BCUT2D eigenvalue weighted by atomic mass is 10.1. The molecule has 0 aliphatic rings. The predicted molar refractivity (Wildman–Crippen MR) is 93.4 cm³/mol. The van der Waals surface area contributed by atoms with Gasteiger partial charge in [-0.2, -0.15) is 0 Å². The number of carbonyl (C=O) groups excluding carboxylic acids is 1. The number of hydrazine groups is 1. The summed E-state index contributed by atoms with van der Waals surface area (Å²) in [7, 11) is -3.86. The minimum Gasteiger partial charge on any atom is -0.464 e. The third-order valence-corrected chi connectivity index (χ3v) is 4.80. The summed E-state index contributed by atoms with van der Waals surface area (Å²) in [4.78, 5) is 14.4. The van der Waals surface area contributed by atoms with Gasteiger partial charge in [0.25, 0.3) is 15.9 Å². The first kappa shape index (κ1) is 17.2. The van der Waals surface area contributed by atoms with Crippen LogP contribution in [0.25, 0.3) is 11.3 Å². The standard InChI is InChI=1S/C17H13ClN2O4S/c18-14-10-12(16-7-4-8-24-16)9-13(11-14)17(21)19-20-25(22,23)15-5-2-1-3-6-15/h1-11,20H,(H,19,21). The molecule has 8 heteroatoms. The van der Waals surface area contributed by atoms with Crippen molar-refractivity contribution in [3.63, 3.8) is 0 Å². The zero-order chi connectivity index (χ0) is 17.9. The van der Waals surface area contributed by atoms with Crippen molar-refractivity contribution >= 4 is 27.5 Å². The van der Waals surface area contributed by atoms with Crippen LogP contribution in [0.15, 0.2) is 76.2 Å². The van der Waals surface area contributed by atoms with Gasteiger partial charge >= 0.3 is 0 Å². The molecule has 25 heavy (non-hydrogen) atoms. The average molecular weight is 377 g/mol. The van der Waals surface area contributed by atoms with Gasteiger partial charge < -0.3 is 4.42 Å². The van der Waals surface area contributed by atoms with E-state index in [-0.39, 0.29) is 10.5 Å². The Kier molecular flexibility index (Phi) is 4.89. The molecular formula is C17H13ClN2O4S. The molecule has 0 aliphatic heterocycles. The fourth-order valence-corrected chi connectivity index (χ4v) is 3.25. The van der Waals surface area contributed by atoms with Crippen LogP contribution in [-0.2, 0) is 10.0 Å². The van der Waals surface area contributed by atoms with Gasteiger partial charge in [-0.15, -0.1) is 4.83 Å². The summed E-state index contributed by atoms with van der Waals surface area (Å²) in [6, 6.07) is 15.8. The fraction of sp³-hybridized carbons (Fsp3) is 0. The minimum atomic E-state index is -3.86. The van der Waals surface area contributed by atoms with Crippen molar-refractivity contribution in [3.05, 3.63) is 77.5 Å². The smallest absolute Gasteiger partial charge is 0.266 e. The van der Waals surface area contributed by atoms with E-state index < -0.39 is 15.9 Å². The number of sulfonamides is 1. The number of benzene rings is 2. The molecule has 0 spiro atoms. The second-order valence-corrected chi connectivity index (χ2v) is 7.20. The van der Waals surface area contributed by atoms with Crippen molar-refractivity contribution in [2.24, 2.45) is 0 Å². The van der Waals surface area contributed by atoms with Gasteiger partial charge in [-0.1, -0.05) is 29.8 Å². The largest absolute Gasteiger partial charge is 0.464 e. The van der Waals surface area contributed by atoms with Crippen molar-refractivity contribution in [2.75, 3.05) is 0 Å². The average Bonchev–Trinajstić information content (AvgIpc) is 3.15. The number of halogens is 1. The molecule has 0 saturated heterocycles. The van der Waals surface area contributed by atoms with Crippen molar-refractivity contribution in [3.8, 4) is 11.3 Å². The van der Waals surface area contributed by atoms with Gasteiger partial charge in [0.1, 0.15) is 5.76 Å². The predicted octanol–water partition coefficient (Wildman–Crippen LogP) is 3.22. The number of hydrogen-bond acceptors (Lipinski definition) is 4. The molecule has 6 nitrogen and oxygen atoms in total. The van der Waals surface area contributed by atoms with Gasteiger partial charge in [0.2, 0.25) is 0 Å². The van der Waals surface area contributed by atoms with Crippen LogP contribution in [0.4, 0.5) is 0 Å². The van der Waals surface area contributed by atoms with Crippen molar-refractivity contribution in [1.82, 2.24) is 10.3 Å². The van der Waals surface area contributed by atoms with Crippen LogP contribution in [-0.4, -0.2) is 14.3 Å². The van der Waals surface area contributed by atoms with Gasteiger partial charge in [0.05, 0.1) is 11.2 Å². The molecule has 0 radical (unpaired) electrons. The lowest BCUT2D eigenvalue weighted by Gasteiger charge is -2.09. The maximum Gasteiger partial charge on any atom is 0.266 e. The fourth-order valence-electron chi connectivity index (χ4n) is 2.15. The summed E-state index contributed by atoms with van der Waals surface area (Å²) in [6.45, 7) is 0. The summed E-state index contributed by atoms with van der Waals surface area (Å²) in [5.41, 5.74) is 2.97. The molecule has 2 aromatic carbocycles. The number of rotatable bonds is 5. The lowest BCUT2D eigenvalue weighted by molar-refractivity contribution is 0.0945. The zero-order valence-electron chi connectivity index (χ0n) is 12.8.